The number of pyridine rings is 1. The van der Waals surface area contributed by atoms with Crippen molar-refractivity contribution in [2.45, 2.75) is 32.1 Å². The number of nitrogens with zero attached hydrogens (tertiary/aromatic N) is 2. The molecule has 0 aliphatic carbocycles. The Bertz CT molecular complexity index is 580. The molecule has 2 saturated heterocycles. The lowest BCUT2D eigenvalue weighted by molar-refractivity contribution is -0.187. The van der Waals surface area contributed by atoms with Gasteiger partial charge in [-0.1, -0.05) is 6.07 Å². The normalized spacial score (nSPS) is 20.9. The van der Waals surface area contributed by atoms with Crippen molar-refractivity contribution in [1.29, 1.82) is 0 Å². The van der Waals surface area contributed by atoms with Crippen LogP contribution in [-0.2, 0) is 20.8 Å². The van der Waals surface area contributed by atoms with Crippen LogP contribution in [0.5, 0.6) is 0 Å². The van der Waals surface area contributed by atoms with Crippen molar-refractivity contribution in [3.05, 3.63) is 34.2 Å². The highest BCUT2D eigenvalue weighted by Gasteiger charge is 2.40. The predicted octanol–water partition coefficient (Wildman–Crippen LogP) is 0.522. The summed E-state index contributed by atoms with van der Waals surface area (Å²) in [5.74, 6) is -0.507. The van der Waals surface area contributed by atoms with Gasteiger partial charge in [-0.15, -0.1) is 0 Å². The minimum atomic E-state index is -0.475. The van der Waals surface area contributed by atoms with Crippen LogP contribution >= 0.6 is 0 Å². The van der Waals surface area contributed by atoms with Gasteiger partial charge in [0.1, 0.15) is 6.54 Å². The first-order chi connectivity index (χ1) is 10.1. The molecule has 6 nitrogen and oxygen atoms in total. The number of aromatic nitrogens is 1. The van der Waals surface area contributed by atoms with E-state index in [0.717, 1.165) is 0 Å². The van der Waals surface area contributed by atoms with Crippen LogP contribution in [0.3, 0.4) is 0 Å². The standard InChI is InChI=1S/C15H20N2O4/c1-12-3-2-6-17(14(12)19)11-13(18)16-7-4-15(5-8-16)20-9-10-21-15/h2-3,6H,4-5,7-11H2,1H3. The van der Waals surface area contributed by atoms with Gasteiger partial charge in [-0.25, -0.2) is 0 Å². The van der Waals surface area contributed by atoms with Crippen molar-refractivity contribution in [3.63, 3.8) is 0 Å². The lowest BCUT2D eigenvalue weighted by Gasteiger charge is -2.37. The molecular weight excluding hydrogens is 272 g/mol. The minimum Gasteiger partial charge on any atom is -0.347 e. The lowest BCUT2D eigenvalue weighted by Crippen LogP contribution is -2.48. The number of hydrogen-bond acceptors (Lipinski definition) is 4. The van der Waals surface area contributed by atoms with E-state index >= 15 is 0 Å². The zero-order valence-corrected chi connectivity index (χ0v) is 12.2. The average Bonchev–Trinajstić information content (AvgIpc) is 2.93. The number of likely N-dealkylation sites (tertiary alicyclic amines) is 1. The molecule has 0 atom stereocenters. The number of hydrogen-bond donors (Lipinski definition) is 0. The Morgan fingerprint density at radius 2 is 1.95 bits per heavy atom. The van der Waals surface area contributed by atoms with Crippen LogP contribution in [-0.4, -0.2) is 47.5 Å². The molecule has 21 heavy (non-hydrogen) atoms. The smallest absolute Gasteiger partial charge is 0.253 e. The molecule has 0 aromatic carbocycles. The summed E-state index contributed by atoms with van der Waals surface area (Å²) >= 11 is 0. The summed E-state index contributed by atoms with van der Waals surface area (Å²) in [5, 5.41) is 0. The molecule has 1 aromatic rings. The molecule has 2 aliphatic heterocycles. The molecule has 1 aromatic heterocycles. The Morgan fingerprint density at radius 3 is 2.62 bits per heavy atom. The van der Waals surface area contributed by atoms with Crippen LogP contribution in [0.25, 0.3) is 0 Å². The number of carbonyl (C=O) groups excluding carboxylic acids is 1. The molecule has 1 spiro atoms. The summed E-state index contributed by atoms with van der Waals surface area (Å²) in [5.41, 5.74) is 0.539. The Hall–Kier alpha value is -1.66. The van der Waals surface area contributed by atoms with E-state index in [1.54, 1.807) is 30.2 Å². The molecule has 0 unspecified atom stereocenters. The van der Waals surface area contributed by atoms with Gasteiger partial charge in [0.25, 0.3) is 5.56 Å². The summed E-state index contributed by atoms with van der Waals surface area (Å²) in [6, 6.07) is 3.54. The maximum Gasteiger partial charge on any atom is 0.253 e. The van der Waals surface area contributed by atoms with Gasteiger partial charge in [0.15, 0.2) is 5.79 Å². The molecule has 1 amide bonds. The quantitative estimate of drug-likeness (QED) is 0.797. The highest BCUT2D eigenvalue weighted by molar-refractivity contribution is 5.76. The van der Waals surface area contributed by atoms with Gasteiger partial charge in [-0.2, -0.15) is 0 Å². The van der Waals surface area contributed by atoms with Crippen molar-refractivity contribution in [2.75, 3.05) is 26.3 Å². The number of amides is 1. The van der Waals surface area contributed by atoms with E-state index in [1.807, 2.05) is 0 Å². The fraction of sp³-hybridized carbons (Fsp3) is 0.600. The molecule has 2 aliphatic rings. The minimum absolute atomic E-state index is 0.0319. The second-order valence-electron chi connectivity index (χ2n) is 5.61. The Morgan fingerprint density at radius 1 is 1.29 bits per heavy atom. The van der Waals surface area contributed by atoms with E-state index in [4.69, 9.17) is 9.47 Å². The Balaban J connectivity index is 1.62. The van der Waals surface area contributed by atoms with Crippen LogP contribution in [0.15, 0.2) is 23.1 Å². The van der Waals surface area contributed by atoms with Gasteiger partial charge >= 0.3 is 0 Å². The van der Waals surface area contributed by atoms with Crippen LogP contribution in [0.1, 0.15) is 18.4 Å². The summed E-state index contributed by atoms with van der Waals surface area (Å²) in [7, 11) is 0. The average molecular weight is 292 g/mol. The monoisotopic (exact) mass is 292 g/mol. The van der Waals surface area contributed by atoms with E-state index in [-0.39, 0.29) is 18.0 Å². The first-order valence-electron chi connectivity index (χ1n) is 7.31. The molecule has 3 rings (SSSR count). The van der Waals surface area contributed by atoms with Crippen molar-refractivity contribution >= 4 is 5.91 Å². The van der Waals surface area contributed by atoms with E-state index in [1.165, 1.54) is 4.57 Å². The maximum absolute atomic E-state index is 12.3. The first-order valence-corrected chi connectivity index (χ1v) is 7.31. The highest BCUT2D eigenvalue weighted by Crippen LogP contribution is 2.31. The molecule has 114 valence electrons. The SMILES string of the molecule is Cc1cccn(CC(=O)N2CCC3(CC2)OCCO3)c1=O. The van der Waals surface area contributed by atoms with Crippen LogP contribution in [0.2, 0.25) is 0 Å². The van der Waals surface area contributed by atoms with Gasteiger partial charge in [0.2, 0.25) is 5.91 Å². The third kappa shape index (κ3) is 2.87. The second-order valence-corrected chi connectivity index (χ2v) is 5.61. The van der Waals surface area contributed by atoms with Crippen LogP contribution in [0.4, 0.5) is 0 Å². The summed E-state index contributed by atoms with van der Waals surface area (Å²) in [6.45, 7) is 4.33. The van der Waals surface area contributed by atoms with Crippen LogP contribution < -0.4 is 5.56 Å². The fourth-order valence-corrected chi connectivity index (χ4v) is 2.91. The predicted molar refractivity (Wildman–Crippen MR) is 75.9 cm³/mol. The Labute approximate surface area is 123 Å². The van der Waals surface area contributed by atoms with E-state index in [0.29, 0.717) is 44.7 Å². The fourth-order valence-electron chi connectivity index (χ4n) is 2.91. The van der Waals surface area contributed by atoms with Crippen molar-refractivity contribution < 1.29 is 14.3 Å². The third-order valence-corrected chi connectivity index (χ3v) is 4.21. The zero-order valence-electron chi connectivity index (χ0n) is 12.2. The number of piperidine rings is 1. The van der Waals surface area contributed by atoms with E-state index in [2.05, 4.69) is 0 Å². The molecule has 0 bridgehead atoms. The van der Waals surface area contributed by atoms with Gasteiger partial charge in [-0.05, 0) is 13.0 Å². The number of rotatable bonds is 2. The molecule has 0 saturated carbocycles. The Kier molecular flexibility index (Phi) is 3.82. The van der Waals surface area contributed by atoms with E-state index in [9.17, 15) is 9.59 Å². The van der Waals surface area contributed by atoms with Gasteiger partial charge < -0.3 is 18.9 Å². The topological polar surface area (TPSA) is 60.8 Å². The maximum atomic E-state index is 12.3. The molecule has 6 heteroatoms. The van der Waals surface area contributed by atoms with Crippen molar-refractivity contribution in [1.82, 2.24) is 9.47 Å². The third-order valence-electron chi connectivity index (χ3n) is 4.21. The number of carbonyl (C=O) groups is 1. The largest absolute Gasteiger partial charge is 0.347 e. The van der Waals surface area contributed by atoms with Crippen molar-refractivity contribution in [3.8, 4) is 0 Å². The number of aryl methyl sites for hydroxylation is 1. The van der Waals surface area contributed by atoms with Crippen LogP contribution in [0, 0.1) is 6.92 Å². The van der Waals surface area contributed by atoms with Crippen molar-refractivity contribution in [2.24, 2.45) is 0 Å². The molecule has 3 heterocycles. The summed E-state index contributed by atoms with van der Waals surface area (Å²) in [4.78, 5) is 26.0. The molecular formula is C15H20N2O4. The molecule has 0 N–H and O–H groups in total. The van der Waals surface area contributed by atoms with Gasteiger partial charge in [0, 0.05) is 37.7 Å². The highest BCUT2D eigenvalue weighted by atomic mass is 16.7. The first kappa shape index (κ1) is 14.3. The summed E-state index contributed by atoms with van der Waals surface area (Å²) < 4.78 is 12.8. The number of ether oxygens (including phenoxy) is 2. The lowest BCUT2D eigenvalue weighted by atomic mass is 10.0. The zero-order chi connectivity index (χ0) is 14.9. The van der Waals surface area contributed by atoms with E-state index < -0.39 is 5.79 Å². The summed E-state index contributed by atoms with van der Waals surface area (Å²) in [6.07, 6.45) is 3.05. The van der Waals surface area contributed by atoms with Gasteiger partial charge in [0.05, 0.1) is 13.2 Å². The molecule has 2 fully saturated rings. The molecule has 0 radical (unpaired) electrons. The second kappa shape index (κ2) is 5.61. The van der Waals surface area contributed by atoms with Gasteiger partial charge in [-0.3, -0.25) is 9.59 Å².